The van der Waals surface area contributed by atoms with Crippen LogP contribution in [0.1, 0.15) is 6.42 Å². The van der Waals surface area contributed by atoms with Gasteiger partial charge in [-0.15, -0.1) is 24.8 Å². The molecular weight excluding hydrogens is 344 g/mol. The monoisotopic (exact) mass is 365 g/mol. The first-order chi connectivity index (χ1) is 10.2. The number of carbonyl (C=O) groups excluding carboxylic acids is 1. The van der Waals surface area contributed by atoms with Crippen molar-refractivity contribution in [2.24, 2.45) is 5.92 Å². The Hall–Kier alpha value is -1.08. The summed E-state index contributed by atoms with van der Waals surface area (Å²) in [6, 6.07) is 4.69. The minimum atomic E-state index is -0.334. The maximum Gasteiger partial charge on any atom is 0.228 e. The normalized spacial score (nSPS) is 20.4. The Morgan fingerprint density at radius 3 is 2.65 bits per heavy atom. The Kier molecular flexibility index (Phi) is 8.05. The van der Waals surface area contributed by atoms with Gasteiger partial charge in [0.2, 0.25) is 5.91 Å². The molecule has 3 rings (SSSR count). The van der Waals surface area contributed by atoms with Gasteiger partial charge in [-0.05, 0) is 31.2 Å². The molecule has 0 aromatic heterocycles. The van der Waals surface area contributed by atoms with Gasteiger partial charge >= 0.3 is 0 Å². The number of halogens is 3. The number of benzene rings is 1. The Bertz CT molecular complexity index is 521. The highest BCUT2D eigenvalue weighted by Crippen LogP contribution is 2.23. The largest absolute Gasteiger partial charge is 0.378 e. The van der Waals surface area contributed by atoms with Crippen LogP contribution in [0.5, 0.6) is 0 Å². The van der Waals surface area contributed by atoms with Crippen LogP contribution >= 0.6 is 24.8 Å². The second-order valence-electron chi connectivity index (χ2n) is 5.48. The van der Waals surface area contributed by atoms with Crippen LogP contribution < -0.4 is 15.5 Å². The topological polar surface area (TPSA) is 53.6 Å². The number of morpholine rings is 1. The second-order valence-corrected chi connectivity index (χ2v) is 5.48. The van der Waals surface area contributed by atoms with Crippen LogP contribution in [0.3, 0.4) is 0 Å². The number of anilines is 2. The van der Waals surface area contributed by atoms with E-state index in [1.807, 2.05) is 6.07 Å². The number of hydrogen-bond acceptors (Lipinski definition) is 4. The van der Waals surface area contributed by atoms with Crippen LogP contribution in [-0.4, -0.2) is 45.3 Å². The van der Waals surface area contributed by atoms with E-state index in [9.17, 15) is 9.18 Å². The summed E-state index contributed by atoms with van der Waals surface area (Å²) < 4.78 is 19.1. The summed E-state index contributed by atoms with van der Waals surface area (Å²) in [4.78, 5) is 14.2. The van der Waals surface area contributed by atoms with Gasteiger partial charge in [-0.25, -0.2) is 4.39 Å². The summed E-state index contributed by atoms with van der Waals surface area (Å²) in [6.07, 6.45) is 0.831. The van der Waals surface area contributed by atoms with Crippen molar-refractivity contribution < 1.29 is 13.9 Å². The Labute approximate surface area is 147 Å². The lowest BCUT2D eigenvalue weighted by atomic mass is 10.1. The average Bonchev–Trinajstić information content (AvgIpc) is 3.02. The van der Waals surface area contributed by atoms with Crippen LogP contribution in [0.2, 0.25) is 0 Å². The zero-order valence-corrected chi connectivity index (χ0v) is 14.4. The third-order valence-electron chi connectivity index (χ3n) is 3.96. The predicted molar refractivity (Wildman–Crippen MR) is 93.5 cm³/mol. The quantitative estimate of drug-likeness (QED) is 0.860. The van der Waals surface area contributed by atoms with E-state index in [-0.39, 0.29) is 42.5 Å². The molecule has 1 aromatic carbocycles. The van der Waals surface area contributed by atoms with Crippen LogP contribution in [0.25, 0.3) is 0 Å². The molecular formula is C15H22Cl2FN3O2. The van der Waals surface area contributed by atoms with E-state index in [4.69, 9.17) is 4.74 Å². The number of nitrogens with one attached hydrogen (secondary N) is 2. The average molecular weight is 366 g/mol. The van der Waals surface area contributed by atoms with E-state index in [0.717, 1.165) is 31.7 Å². The number of nitrogens with zero attached hydrogens (tertiary/aromatic N) is 1. The first kappa shape index (κ1) is 20.0. The fourth-order valence-electron chi connectivity index (χ4n) is 2.77. The smallest absolute Gasteiger partial charge is 0.228 e. The molecule has 1 unspecified atom stereocenters. The molecule has 0 spiro atoms. The van der Waals surface area contributed by atoms with Gasteiger partial charge in [-0.3, -0.25) is 4.79 Å². The standard InChI is InChI=1S/C15H20FN3O2.2ClH/c16-12-7-13(18-15(20)11-1-2-17-10-11)9-14(8-12)19-3-5-21-6-4-19;;/h7-9,11,17H,1-6,10H2,(H,18,20);2*1H. The molecule has 0 radical (unpaired) electrons. The molecule has 5 nitrogen and oxygen atoms in total. The van der Waals surface area contributed by atoms with E-state index < -0.39 is 0 Å². The molecule has 2 aliphatic heterocycles. The Morgan fingerprint density at radius 1 is 1.26 bits per heavy atom. The van der Waals surface area contributed by atoms with Gasteiger partial charge in [-0.1, -0.05) is 0 Å². The van der Waals surface area contributed by atoms with E-state index in [1.54, 1.807) is 0 Å². The van der Waals surface area contributed by atoms with Gasteiger partial charge in [-0.2, -0.15) is 0 Å². The summed E-state index contributed by atoms with van der Waals surface area (Å²) in [7, 11) is 0. The number of hydrogen-bond donors (Lipinski definition) is 2. The molecule has 2 saturated heterocycles. The lowest BCUT2D eigenvalue weighted by Gasteiger charge is -2.29. The Balaban J connectivity index is 0.00000132. The van der Waals surface area contributed by atoms with Gasteiger partial charge in [0.25, 0.3) is 0 Å². The van der Waals surface area contributed by atoms with Gasteiger partial charge in [0.05, 0.1) is 19.1 Å². The molecule has 2 aliphatic rings. The van der Waals surface area contributed by atoms with Crippen molar-refractivity contribution in [2.45, 2.75) is 6.42 Å². The first-order valence-corrected chi connectivity index (χ1v) is 7.37. The summed E-state index contributed by atoms with van der Waals surface area (Å²) in [6.45, 7) is 4.32. The molecule has 0 saturated carbocycles. The highest BCUT2D eigenvalue weighted by Gasteiger charge is 2.22. The maximum atomic E-state index is 13.8. The SMILES string of the molecule is Cl.Cl.O=C(Nc1cc(F)cc(N2CCOCC2)c1)C1CCNC1. The summed E-state index contributed by atoms with van der Waals surface area (Å²) >= 11 is 0. The molecule has 23 heavy (non-hydrogen) atoms. The maximum absolute atomic E-state index is 13.8. The molecule has 2 N–H and O–H groups in total. The fraction of sp³-hybridized carbons (Fsp3) is 0.533. The van der Waals surface area contributed by atoms with E-state index in [0.29, 0.717) is 25.4 Å². The predicted octanol–water partition coefficient (Wildman–Crippen LogP) is 2.05. The van der Waals surface area contributed by atoms with Crippen molar-refractivity contribution in [3.8, 4) is 0 Å². The molecule has 2 fully saturated rings. The van der Waals surface area contributed by atoms with Gasteiger partial charge in [0, 0.05) is 31.0 Å². The number of amides is 1. The van der Waals surface area contributed by atoms with Gasteiger partial charge in [0.15, 0.2) is 0 Å². The highest BCUT2D eigenvalue weighted by molar-refractivity contribution is 5.93. The lowest BCUT2D eigenvalue weighted by Crippen LogP contribution is -2.36. The molecule has 1 atom stereocenters. The van der Waals surface area contributed by atoms with E-state index in [2.05, 4.69) is 15.5 Å². The number of rotatable bonds is 3. The van der Waals surface area contributed by atoms with Crippen molar-refractivity contribution in [3.05, 3.63) is 24.0 Å². The Morgan fingerprint density at radius 2 is 2.00 bits per heavy atom. The van der Waals surface area contributed by atoms with E-state index >= 15 is 0 Å². The number of ether oxygens (including phenoxy) is 1. The van der Waals surface area contributed by atoms with Crippen molar-refractivity contribution in [1.29, 1.82) is 0 Å². The van der Waals surface area contributed by atoms with Crippen LogP contribution in [0.4, 0.5) is 15.8 Å². The number of carbonyl (C=O) groups is 1. The van der Waals surface area contributed by atoms with Crippen molar-refractivity contribution in [2.75, 3.05) is 49.6 Å². The van der Waals surface area contributed by atoms with Crippen molar-refractivity contribution >= 4 is 42.1 Å². The second kappa shape index (κ2) is 9.27. The molecule has 0 aliphatic carbocycles. The van der Waals surface area contributed by atoms with Crippen molar-refractivity contribution in [1.82, 2.24) is 5.32 Å². The zero-order chi connectivity index (χ0) is 14.7. The zero-order valence-electron chi connectivity index (χ0n) is 12.7. The third-order valence-corrected chi connectivity index (χ3v) is 3.96. The van der Waals surface area contributed by atoms with Gasteiger partial charge in [0.1, 0.15) is 5.82 Å². The fourth-order valence-corrected chi connectivity index (χ4v) is 2.77. The molecule has 1 amide bonds. The minimum Gasteiger partial charge on any atom is -0.378 e. The first-order valence-electron chi connectivity index (χ1n) is 7.37. The summed E-state index contributed by atoms with van der Waals surface area (Å²) in [5, 5.41) is 5.98. The molecule has 2 heterocycles. The third kappa shape index (κ3) is 5.21. The van der Waals surface area contributed by atoms with Gasteiger partial charge < -0.3 is 20.3 Å². The summed E-state index contributed by atoms with van der Waals surface area (Å²) in [5.74, 6) is -0.405. The van der Waals surface area contributed by atoms with Crippen LogP contribution in [0, 0.1) is 11.7 Å². The molecule has 1 aromatic rings. The molecule has 0 bridgehead atoms. The van der Waals surface area contributed by atoms with E-state index in [1.165, 1.54) is 12.1 Å². The molecule has 8 heteroatoms. The lowest BCUT2D eigenvalue weighted by molar-refractivity contribution is -0.119. The minimum absolute atomic E-state index is 0. The summed E-state index contributed by atoms with van der Waals surface area (Å²) in [5.41, 5.74) is 1.31. The highest BCUT2D eigenvalue weighted by atomic mass is 35.5. The van der Waals surface area contributed by atoms with Crippen molar-refractivity contribution in [3.63, 3.8) is 0 Å². The van der Waals surface area contributed by atoms with Crippen LogP contribution in [0.15, 0.2) is 18.2 Å². The molecule has 130 valence electrons. The van der Waals surface area contributed by atoms with Crippen LogP contribution in [-0.2, 0) is 9.53 Å².